The average Bonchev–Trinajstić information content (AvgIpc) is 3.02. The lowest BCUT2D eigenvalue weighted by molar-refractivity contribution is -0.123. The van der Waals surface area contributed by atoms with Gasteiger partial charge in [-0.1, -0.05) is 18.2 Å². The van der Waals surface area contributed by atoms with Gasteiger partial charge in [-0.05, 0) is 25.0 Å². The Bertz CT molecular complexity index is 918. The van der Waals surface area contributed by atoms with Crippen LogP contribution in [0.4, 0.5) is 5.69 Å². The number of aromatic nitrogens is 2. The number of hydrogen-bond acceptors (Lipinski definition) is 5. The summed E-state index contributed by atoms with van der Waals surface area (Å²) >= 11 is 0. The molecule has 0 fully saturated rings. The first-order chi connectivity index (χ1) is 13.0. The van der Waals surface area contributed by atoms with Crippen LogP contribution in [0, 0.1) is 6.92 Å². The van der Waals surface area contributed by atoms with Crippen LogP contribution in [-0.2, 0) is 22.4 Å². The fraction of sp³-hybridized carbons (Fsp3) is 0.333. The van der Waals surface area contributed by atoms with E-state index in [0.29, 0.717) is 17.8 Å². The van der Waals surface area contributed by atoms with E-state index in [4.69, 9.17) is 9.90 Å². The van der Waals surface area contributed by atoms with E-state index in [1.807, 2.05) is 12.1 Å². The number of carbonyl (C=O) groups excluding carboxylic acids is 1. The van der Waals surface area contributed by atoms with Crippen molar-refractivity contribution < 1.29 is 14.7 Å². The van der Waals surface area contributed by atoms with Gasteiger partial charge in [0.05, 0.1) is 6.42 Å². The summed E-state index contributed by atoms with van der Waals surface area (Å²) in [5, 5.41) is 9.72. The van der Waals surface area contributed by atoms with Gasteiger partial charge in [-0.25, -0.2) is 4.79 Å². The fourth-order valence-corrected chi connectivity index (χ4v) is 3.03. The Morgan fingerprint density at radius 2 is 2.00 bits per heavy atom. The largest absolute Gasteiger partial charge is 0.483 e. The molecule has 144 valence electrons. The van der Waals surface area contributed by atoms with Gasteiger partial charge in [-0.3, -0.25) is 19.4 Å². The van der Waals surface area contributed by atoms with E-state index >= 15 is 0 Å². The number of H-pyrrole nitrogens is 2. The van der Waals surface area contributed by atoms with Gasteiger partial charge in [0, 0.05) is 36.6 Å². The minimum Gasteiger partial charge on any atom is -0.483 e. The van der Waals surface area contributed by atoms with Gasteiger partial charge in [0.2, 0.25) is 5.91 Å². The van der Waals surface area contributed by atoms with Gasteiger partial charge < -0.3 is 20.3 Å². The first-order valence-electron chi connectivity index (χ1n) is 8.45. The Kier molecular flexibility index (Phi) is 6.93. The number of carbonyl (C=O) groups is 2. The summed E-state index contributed by atoms with van der Waals surface area (Å²) in [6.07, 6.45) is 0.977. The minimum absolute atomic E-state index is 0.0471. The summed E-state index contributed by atoms with van der Waals surface area (Å²) in [5.41, 5.74) is 2.19. The maximum atomic E-state index is 12.0. The number of benzene rings is 1. The molecule has 3 rings (SSSR count). The topological polar surface area (TPSA) is 135 Å². The van der Waals surface area contributed by atoms with Crippen molar-refractivity contribution in [3.8, 4) is 0 Å². The lowest BCUT2D eigenvalue weighted by Gasteiger charge is -2.19. The third-order valence-electron chi connectivity index (χ3n) is 4.28. The molecule has 0 saturated carbocycles. The van der Waals surface area contributed by atoms with E-state index in [2.05, 4.69) is 32.3 Å². The summed E-state index contributed by atoms with van der Waals surface area (Å²) in [6, 6.07) is 8.27. The predicted octanol–water partition coefficient (Wildman–Crippen LogP) is -0.206. The summed E-state index contributed by atoms with van der Waals surface area (Å²) in [5.74, 6) is -0.233. The van der Waals surface area contributed by atoms with Crippen molar-refractivity contribution in [3.05, 3.63) is 61.9 Å². The number of nitrogens with zero attached hydrogens (tertiary/aromatic N) is 1. The molecule has 0 aliphatic carbocycles. The van der Waals surface area contributed by atoms with Crippen LogP contribution >= 0.6 is 0 Å². The molecule has 1 aliphatic rings. The quantitative estimate of drug-likeness (QED) is 0.535. The number of hydrogen-bond donors (Lipinski definition) is 4. The van der Waals surface area contributed by atoms with E-state index in [-0.39, 0.29) is 18.8 Å². The monoisotopic (exact) mass is 374 g/mol. The van der Waals surface area contributed by atoms with Crippen LogP contribution in [0.3, 0.4) is 0 Å². The maximum absolute atomic E-state index is 12.0. The fourth-order valence-electron chi connectivity index (χ4n) is 3.03. The third-order valence-corrected chi connectivity index (χ3v) is 4.28. The van der Waals surface area contributed by atoms with Crippen LogP contribution in [0.1, 0.15) is 16.8 Å². The molecule has 2 aromatic rings. The van der Waals surface area contributed by atoms with Gasteiger partial charge in [0.1, 0.15) is 0 Å². The number of nitrogens with one attached hydrogen (secondary N) is 3. The molecule has 0 spiro atoms. The van der Waals surface area contributed by atoms with Gasteiger partial charge in [0.15, 0.2) is 0 Å². The second-order valence-corrected chi connectivity index (χ2v) is 6.01. The Morgan fingerprint density at radius 1 is 1.30 bits per heavy atom. The molecule has 0 radical (unpaired) electrons. The van der Waals surface area contributed by atoms with Crippen LogP contribution in [-0.4, -0.2) is 47.1 Å². The molecule has 1 aliphatic heterocycles. The molecule has 0 saturated heterocycles. The van der Waals surface area contributed by atoms with E-state index in [9.17, 15) is 14.4 Å². The SMILES string of the molecule is Cc1[nH]c(=O)[nH]c(=O)c1CC(=O)NCCN1CCc2ccccc21.O=CO. The summed E-state index contributed by atoms with van der Waals surface area (Å²) in [6.45, 7) is 3.55. The van der Waals surface area contributed by atoms with E-state index in [1.165, 1.54) is 11.3 Å². The van der Waals surface area contributed by atoms with Crippen molar-refractivity contribution in [2.45, 2.75) is 19.8 Å². The number of carboxylic acid groups (broad SMARTS) is 1. The number of fused-ring (bicyclic) bond motifs is 1. The Hall–Kier alpha value is -3.36. The van der Waals surface area contributed by atoms with Gasteiger partial charge in [0.25, 0.3) is 12.0 Å². The number of aryl methyl sites for hydroxylation is 1. The highest BCUT2D eigenvalue weighted by atomic mass is 16.3. The zero-order valence-electron chi connectivity index (χ0n) is 14.9. The predicted molar refractivity (Wildman–Crippen MR) is 100 cm³/mol. The van der Waals surface area contributed by atoms with Crippen LogP contribution in [0.5, 0.6) is 0 Å². The van der Waals surface area contributed by atoms with Crippen molar-refractivity contribution in [1.29, 1.82) is 0 Å². The Balaban J connectivity index is 0.000000817. The van der Waals surface area contributed by atoms with E-state index in [1.54, 1.807) is 6.92 Å². The molecule has 0 atom stereocenters. The zero-order valence-corrected chi connectivity index (χ0v) is 14.9. The molecule has 1 amide bonds. The highest BCUT2D eigenvalue weighted by molar-refractivity contribution is 5.78. The number of para-hydroxylation sites is 1. The van der Waals surface area contributed by atoms with Crippen LogP contribution < -0.4 is 21.5 Å². The number of aromatic amines is 2. The smallest absolute Gasteiger partial charge is 0.325 e. The van der Waals surface area contributed by atoms with Crippen molar-refractivity contribution in [2.75, 3.05) is 24.5 Å². The lowest BCUT2D eigenvalue weighted by Crippen LogP contribution is -2.36. The highest BCUT2D eigenvalue weighted by Gasteiger charge is 2.18. The van der Waals surface area contributed by atoms with Crippen LogP contribution in [0.25, 0.3) is 0 Å². The van der Waals surface area contributed by atoms with Crippen molar-refractivity contribution in [1.82, 2.24) is 15.3 Å². The maximum Gasteiger partial charge on any atom is 0.325 e. The molecule has 9 nitrogen and oxygen atoms in total. The number of amides is 1. The highest BCUT2D eigenvalue weighted by Crippen LogP contribution is 2.26. The van der Waals surface area contributed by atoms with Crippen molar-refractivity contribution in [2.24, 2.45) is 0 Å². The molecular weight excluding hydrogens is 352 g/mol. The molecule has 4 N–H and O–H groups in total. The minimum atomic E-state index is -0.561. The van der Waals surface area contributed by atoms with Crippen LogP contribution in [0.15, 0.2) is 33.9 Å². The zero-order chi connectivity index (χ0) is 19.8. The van der Waals surface area contributed by atoms with E-state index < -0.39 is 11.2 Å². The van der Waals surface area contributed by atoms with Gasteiger partial charge in [-0.2, -0.15) is 0 Å². The van der Waals surface area contributed by atoms with Crippen LogP contribution in [0.2, 0.25) is 0 Å². The van der Waals surface area contributed by atoms with Crippen molar-refractivity contribution >= 4 is 18.1 Å². The van der Waals surface area contributed by atoms with Gasteiger partial charge in [-0.15, -0.1) is 0 Å². The number of rotatable bonds is 5. The first-order valence-corrected chi connectivity index (χ1v) is 8.45. The molecular formula is C18H22N4O5. The third kappa shape index (κ3) is 5.30. The standard InChI is InChI=1S/C17H20N4O3.CH2O2/c1-11-13(16(23)20-17(24)19-11)10-15(22)18-7-9-21-8-6-12-4-2-3-5-14(12)21;2-1-3/h2-5H,6-10H2,1H3,(H,18,22)(H2,19,20,23,24);1H,(H,2,3). The lowest BCUT2D eigenvalue weighted by atomic mass is 10.1. The second kappa shape index (κ2) is 9.37. The summed E-state index contributed by atoms with van der Waals surface area (Å²) in [4.78, 5) is 50.2. The Labute approximate surface area is 155 Å². The second-order valence-electron chi connectivity index (χ2n) is 6.01. The van der Waals surface area contributed by atoms with E-state index in [0.717, 1.165) is 19.5 Å². The molecule has 27 heavy (non-hydrogen) atoms. The average molecular weight is 374 g/mol. The molecule has 1 aromatic carbocycles. The number of anilines is 1. The molecule has 1 aromatic heterocycles. The summed E-state index contributed by atoms with van der Waals surface area (Å²) in [7, 11) is 0. The Morgan fingerprint density at radius 3 is 2.70 bits per heavy atom. The normalized spacial score (nSPS) is 12.0. The molecule has 0 bridgehead atoms. The molecule has 9 heteroatoms. The molecule has 2 heterocycles. The first kappa shape index (κ1) is 20.0. The summed E-state index contributed by atoms with van der Waals surface area (Å²) < 4.78 is 0. The molecule has 0 unspecified atom stereocenters. The van der Waals surface area contributed by atoms with Gasteiger partial charge >= 0.3 is 5.69 Å². The van der Waals surface area contributed by atoms with Crippen molar-refractivity contribution in [3.63, 3.8) is 0 Å².